The van der Waals surface area contributed by atoms with Crippen molar-refractivity contribution in [2.75, 3.05) is 18.6 Å². The van der Waals surface area contributed by atoms with Crippen molar-refractivity contribution in [2.24, 2.45) is 5.92 Å². The van der Waals surface area contributed by atoms with Gasteiger partial charge in [0, 0.05) is 30.6 Å². The summed E-state index contributed by atoms with van der Waals surface area (Å²) in [5.74, 6) is 1.03. The molecule has 20 heavy (non-hydrogen) atoms. The van der Waals surface area contributed by atoms with Gasteiger partial charge in [-0.25, -0.2) is 0 Å². The summed E-state index contributed by atoms with van der Waals surface area (Å²) in [6, 6.07) is 7.34. The van der Waals surface area contributed by atoms with Gasteiger partial charge in [-0.15, -0.1) is 0 Å². The van der Waals surface area contributed by atoms with Crippen molar-refractivity contribution >= 4 is 17.5 Å². The van der Waals surface area contributed by atoms with Gasteiger partial charge in [-0.05, 0) is 25.0 Å². The summed E-state index contributed by atoms with van der Waals surface area (Å²) in [5.41, 5.74) is 0.817. The first-order valence-corrected chi connectivity index (χ1v) is 6.92. The fraction of sp³-hybridized carbons (Fsp3) is 0.467. The summed E-state index contributed by atoms with van der Waals surface area (Å²) in [6.07, 6.45) is 2.33. The lowest BCUT2D eigenvalue weighted by Gasteiger charge is -2.18. The van der Waals surface area contributed by atoms with Crippen LogP contribution in [0.25, 0.3) is 0 Å². The van der Waals surface area contributed by atoms with E-state index in [-0.39, 0.29) is 23.8 Å². The van der Waals surface area contributed by atoms with Crippen LogP contribution in [0.15, 0.2) is 24.3 Å². The van der Waals surface area contributed by atoms with Crippen molar-refractivity contribution in [3.63, 3.8) is 0 Å². The second-order valence-electron chi connectivity index (χ2n) is 5.39. The zero-order valence-electron chi connectivity index (χ0n) is 11.5. The highest BCUT2D eigenvalue weighted by molar-refractivity contribution is 5.97. The second-order valence-corrected chi connectivity index (χ2v) is 5.39. The zero-order chi connectivity index (χ0) is 14.1. The molecule has 0 bridgehead atoms. The quantitative estimate of drug-likeness (QED) is 0.901. The first-order chi connectivity index (χ1) is 9.67. The second kappa shape index (κ2) is 5.15. The molecule has 1 unspecified atom stereocenters. The molecule has 1 aliphatic heterocycles. The molecule has 5 heteroatoms. The number of rotatable bonds is 4. The van der Waals surface area contributed by atoms with E-state index in [9.17, 15) is 9.59 Å². The van der Waals surface area contributed by atoms with Gasteiger partial charge in [0.15, 0.2) is 0 Å². The minimum atomic E-state index is -0.0817. The van der Waals surface area contributed by atoms with Crippen LogP contribution in [0.5, 0.6) is 5.75 Å². The summed E-state index contributed by atoms with van der Waals surface area (Å²) in [6.45, 7) is 0.532. The van der Waals surface area contributed by atoms with E-state index >= 15 is 0 Å². The molecular weight excluding hydrogens is 256 g/mol. The Labute approximate surface area is 117 Å². The molecule has 1 aromatic carbocycles. The molecule has 106 valence electrons. The van der Waals surface area contributed by atoms with Gasteiger partial charge in [-0.1, -0.05) is 6.07 Å². The van der Waals surface area contributed by atoms with Gasteiger partial charge >= 0.3 is 0 Å². The molecule has 1 N–H and O–H groups in total. The molecule has 1 saturated heterocycles. The predicted molar refractivity (Wildman–Crippen MR) is 74.6 cm³/mol. The topological polar surface area (TPSA) is 58.6 Å². The van der Waals surface area contributed by atoms with Crippen molar-refractivity contribution in [2.45, 2.75) is 25.3 Å². The van der Waals surface area contributed by atoms with Crippen LogP contribution in [0.2, 0.25) is 0 Å². The average molecular weight is 274 g/mol. The van der Waals surface area contributed by atoms with Crippen LogP contribution in [0.4, 0.5) is 5.69 Å². The fourth-order valence-corrected chi connectivity index (χ4v) is 2.50. The molecular formula is C15H18N2O3. The summed E-state index contributed by atoms with van der Waals surface area (Å²) < 4.78 is 5.17. The first-order valence-electron chi connectivity index (χ1n) is 6.92. The lowest BCUT2D eigenvalue weighted by atomic mass is 10.2. The molecule has 1 atom stereocenters. The van der Waals surface area contributed by atoms with Gasteiger partial charge in [0.05, 0.1) is 13.2 Å². The Balaban J connectivity index is 1.68. The highest BCUT2D eigenvalue weighted by atomic mass is 16.5. The number of ether oxygens (including phenoxy) is 1. The van der Waals surface area contributed by atoms with Crippen molar-refractivity contribution in [3.8, 4) is 5.75 Å². The fourth-order valence-electron chi connectivity index (χ4n) is 2.50. The van der Waals surface area contributed by atoms with E-state index < -0.39 is 0 Å². The summed E-state index contributed by atoms with van der Waals surface area (Å²) >= 11 is 0. The van der Waals surface area contributed by atoms with Gasteiger partial charge < -0.3 is 15.0 Å². The summed E-state index contributed by atoms with van der Waals surface area (Å²) in [4.78, 5) is 25.5. The van der Waals surface area contributed by atoms with Crippen molar-refractivity contribution in [1.29, 1.82) is 0 Å². The van der Waals surface area contributed by atoms with E-state index in [1.807, 2.05) is 24.3 Å². The molecule has 1 heterocycles. The van der Waals surface area contributed by atoms with Gasteiger partial charge in [0.25, 0.3) is 0 Å². The molecule has 1 saturated carbocycles. The van der Waals surface area contributed by atoms with E-state index in [1.165, 1.54) is 0 Å². The molecule has 1 aromatic rings. The largest absolute Gasteiger partial charge is 0.497 e. The number of nitrogens with zero attached hydrogens (tertiary/aromatic N) is 1. The van der Waals surface area contributed by atoms with Crippen LogP contribution >= 0.6 is 0 Å². The predicted octanol–water partition coefficient (Wildman–Crippen LogP) is 1.33. The van der Waals surface area contributed by atoms with Gasteiger partial charge in [0.2, 0.25) is 11.8 Å². The Bertz CT molecular complexity index is 540. The highest BCUT2D eigenvalue weighted by Crippen LogP contribution is 2.30. The zero-order valence-corrected chi connectivity index (χ0v) is 11.5. The van der Waals surface area contributed by atoms with Crippen LogP contribution in [0.1, 0.15) is 19.3 Å². The minimum absolute atomic E-state index is 0.0411. The molecule has 0 aromatic heterocycles. The molecule has 2 aliphatic rings. The Kier molecular flexibility index (Phi) is 3.34. The van der Waals surface area contributed by atoms with E-state index in [2.05, 4.69) is 5.32 Å². The maximum atomic E-state index is 12.1. The third-order valence-electron chi connectivity index (χ3n) is 3.78. The van der Waals surface area contributed by atoms with Gasteiger partial charge in [-0.2, -0.15) is 0 Å². The van der Waals surface area contributed by atoms with Crippen molar-refractivity contribution in [3.05, 3.63) is 24.3 Å². The van der Waals surface area contributed by atoms with Crippen LogP contribution in [-0.4, -0.2) is 31.5 Å². The van der Waals surface area contributed by atoms with E-state index in [4.69, 9.17) is 4.74 Å². The van der Waals surface area contributed by atoms with Crippen LogP contribution < -0.4 is 15.0 Å². The number of carbonyl (C=O) groups is 2. The smallest absolute Gasteiger partial charge is 0.229 e. The number of hydrogen-bond acceptors (Lipinski definition) is 3. The Hall–Kier alpha value is -2.04. The molecule has 0 spiro atoms. The lowest BCUT2D eigenvalue weighted by Crippen LogP contribution is -2.37. The van der Waals surface area contributed by atoms with Crippen LogP contribution in [0.3, 0.4) is 0 Å². The number of amides is 2. The third-order valence-corrected chi connectivity index (χ3v) is 3.78. The van der Waals surface area contributed by atoms with Gasteiger partial charge in [-0.3, -0.25) is 9.59 Å². The van der Waals surface area contributed by atoms with Crippen molar-refractivity contribution < 1.29 is 14.3 Å². The number of methoxy groups -OCH3 is 1. The number of carbonyl (C=O) groups excluding carboxylic acids is 2. The molecule has 0 radical (unpaired) electrons. The number of nitrogens with one attached hydrogen (secondary N) is 1. The van der Waals surface area contributed by atoms with E-state index in [0.29, 0.717) is 13.0 Å². The number of hydrogen-bond donors (Lipinski definition) is 1. The Morgan fingerprint density at radius 1 is 1.40 bits per heavy atom. The van der Waals surface area contributed by atoms with Crippen LogP contribution in [0, 0.1) is 5.92 Å². The van der Waals surface area contributed by atoms with Crippen molar-refractivity contribution in [1.82, 2.24) is 5.32 Å². The Morgan fingerprint density at radius 2 is 2.20 bits per heavy atom. The number of anilines is 1. The maximum Gasteiger partial charge on any atom is 0.229 e. The highest BCUT2D eigenvalue weighted by Gasteiger charge is 2.35. The van der Waals surface area contributed by atoms with Gasteiger partial charge in [0.1, 0.15) is 5.75 Å². The molecule has 5 nitrogen and oxygen atoms in total. The minimum Gasteiger partial charge on any atom is -0.497 e. The molecule has 3 rings (SSSR count). The average Bonchev–Trinajstić information content (AvgIpc) is 3.24. The van der Waals surface area contributed by atoms with E-state index in [1.54, 1.807) is 12.0 Å². The molecule has 1 aliphatic carbocycles. The Morgan fingerprint density at radius 3 is 2.90 bits per heavy atom. The standard InChI is InChI=1S/C15H18N2O3/c1-20-13-4-2-3-12(8-13)17-9-11(7-14(17)18)16-15(19)10-5-6-10/h2-4,8,10-11H,5-7,9H2,1H3,(H,16,19). The number of benzene rings is 1. The SMILES string of the molecule is COc1cccc(N2CC(NC(=O)C3CC3)CC2=O)c1. The monoisotopic (exact) mass is 274 g/mol. The lowest BCUT2D eigenvalue weighted by molar-refractivity contribution is -0.122. The summed E-state index contributed by atoms with van der Waals surface area (Å²) in [5, 5.41) is 2.97. The first kappa shape index (κ1) is 13.0. The summed E-state index contributed by atoms with van der Waals surface area (Å²) in [7, 11) is 1.60. The molecule has 2 fully saturated rings. The normalized spacial score (nSPS) is 21.9. The van der Waals surface area contributed by atoms with Crippen LogP contribution in [-0.2, 0) is 9.59 Å². The molecule has 2 amide bonds. The third kappa shape index (κ3) is 2.61. The van der Waals surface area contributed by atoms with E-state index in [0.717, 1.165) is 24.3 Å². The maximum absolute atomic E-state index is 12.1.